The first-order valence-corrected chi connectivity index (χ1v) is 6.88. The number of ether oxygens (including phenoxy) is 1. The summed E-state index contributed by atoms with van der Waals surface area (Å²) in [7, 11) is 0. The first kappa shape index (κ1) is 15.0. The SMILES string of the molecule is CCC1C(=O)NC(=O)CN1C(=O)C(C)Oc1ccccc1. The van der Waals surface area contributed by atoms with Gasteiger partial charge in [0, 0.05) is 0 Å². The molecule has 3 amide bonds. The van der Waals surface area contributed by atoms with Crippen molar-refractivity contribution in [3.63, 3.8) is 0 Å². The molecule has 0 aliphatic carbocycles. The summed E-state index contributed by atoms with van der Waals surface area (Å²) in [5.74, 6) is -0.702. The van der Waals surface area contributed by atoms with Crippen molar-refractivity contribution in [1.29, 1.82) is 0 Å². The fourth-order valence-corrected chi connectivity index (χ4v) is 2.29. The molecule has 2 unspecified atom stereocenters. The molecule has 6 nitrogen and oxygen atoms in total. The molecule has 112 valence electrons. The van der Waals surface area contributed by atoms with Gasteiger partial charge in [0.05, 0.1) is 0 Å². The molecule has 0 radical (unpaired) electrons. The maximum Gasteiger partial charge on any atom is 0.264 e. The third-order valence-corrected chi connectivity index (χ3v) is 3.33. The zero-order valence-electron chi connectivity index (χ0n) is 12.0. The zero-order valence-corrected chi connectivity index (χ0v) is 12.0. The van der Waals surface area contributed by atoms with Gasteiger partial charge in [0.25, 0.3) is 5.91 Å². The van der Waals surface area contributed by atoms with Crippen molar-refractivity contribution in [1.82, 2.24) is 10.2 Å². The zero-order chi connectivity index (χ0) is 15.4. The summed E-state index contributed by atoms with van der Waals surface area (Å²) in [4.78, 5) is 36.9. The van der Waals surface area contributed by atoms with Gasteiger partial charge in [0.2, 0.25) is 11.8 Å². The van der Waals surface area contributed by atoms with E-state index in [0.29, 0.717) is 12.2 Å². The van der Waals surface area contributed by atoms with Crippen LogP contribution in [0.25, 0.3) is 0 Å². The van der Waals surface area contributed by atoms with Crippen LogP contribution in [-0.2, 0) is 14.4 Å². The lowest BCUT2D eigenvalue weighted by molar-refractivity contribution is -0.153. The Balaban J connectivity index is 2.09. The molecule has 1 aliphatic rings. The van der Waals surface area contributed by atoms with E-state index < -0.39 is 24.0 Å². The van der Waals surface area contributed by atoms with E-state index in [2.05, 4.69) is 5.32 Å². The summed E-state index contributed by atoms with van der Waals surface area (Å²) >= 11 is 0. The van der Waals surface area contributed by atoms with E-state index >= 15 is 0 Å². The lowest BCUT2D eigenvalue weighted by atomic mass is 10.1. The van der Waals surface area contributed by atoms with Gasteiger partial charge in [-0.05, 0) is 25.5 Å². The van der Waals surface area contributed by atoms with Crippen molar-refractivity contribution < 1.29 is 19.1 Å². The fourth-order valence-electron chi connectivity index (χ4n) is 2.29. The van der Waals surface area contributed by atoms with Crippen molar-refractivity contribution in [2.24, 2.45) is 0 Å². The minimum absolute atomic E-state index is 0.119. The summed E-state index contributed by atoms with van der Waals surface area (Å²) in [5, 5.41) is 2.24. The van der Waals surface area contributed by atoms with Crippen LogP contribution in [0.3, 0.4) is 0 Å². The van der Waals surface area contributed by atoms with Crippen LogP contribution < -0.4 is 10.1 Å². The van der Waals surface area contributed by atoms with Crippen LogP contribution >= 0.6 is 0 Å². The van der Waals surface area contributed by atoms with Gasteiger partial charge in [-0.3, -0.25) is 19.7 Å². The summed E-state index contributed by atoms with van der Waals surface area (Å²) in [6.45, 7) is 3.29. The van der Waals surface area contributed by atoms with Crippen LogP contribution in [0, 0.1) is 0 Å². The normalized spacial score (nSPS) is 19.9. The molecule has 0 saturated carbocycles. The molecular formula is C15H18N2O4. The van der Waals surface area contributed by atoms with E-state index in [-0.39, 0.29) is 12.5 Å². The number of para-hydroxylation sites is 1. The number of hydrogen-bond donors (Lipinski definition) is 1. The predicted molar refractivity (Wildman–Crippen MR) is 75.5 cm³/mol. The maximum atomic E-state index is 12.4. The molecule has 21 heavy (non-hydrogen) atoms. The highest BCUT2D eigenvalue weighted by Crippen LogP contribution is 2.15. The molecule has 0 aromatic heterocycles. The number of nitrogens with zero attached hydrogens (tertiary/aromatic N) is 1. The average molecular weight is 290 g/mol. The van der Waals surface area contributed by atoms with Crippen LogP contribution in [0.15, 0.2) is 30.3 Å². The monoisotopic (exact) mass is 290 g/mol. The maximum absolute atomic E-state index is 12.4. The number of rotatable bonds is 4. The first-order valence-electron chi connectivity index (χ1n) is 6.88. The molecule has 1 aliphatic heterocycles. The standard InChI is InChI=1S/C15H18N2O4/c1-3-12-14(19)16-13(18)9-17(12)15(20)10(2)21-11-7-5-4-6-8-11/h4-8,10,12H,3,9H2,1-2H3,(H,16,18,19). The number of carbonyl (C=O) groups is 3. The molecule has 2 atom stereocenters. The van der Waals surface area contributed by atoms with E-state index in [0.717, 1.165) is 0 Å². The molecule has 1 aromatic carbocycles. The van der Waals surface area contributed by atoms with Crippen LogP contribution in [0.5, 0.6) is 5.75 Å². The van der Waals surface area contributed by atoms with Gasteiger partial charge in [-0.15, -0.1) is 0 Å². The summed E-state index contributed by atoms with van der Waals surface area (Å²) in [6.07, 6.45) is -0.316. The summed E-state index contributed by atoms with van der Waals surface area (Å²) in [6, 6.07) is 8.32. The number of imide groups is 1. The Morgan fingerprint density at radius 1 is 1.38 bits per heavy atom. The first-order chi connectivity index (χ1) is 10.0. The van der Waals surface area contributed by atoms with E-state index in [1.165, 1.54) is 4.90 Å². The van der Waals surface area contributed by atoms with Gasteiger partial charge in [0.15, 0.2) is 6.10 Å². The number of hydrogen-bond acceptors (Lipinski definition) is 4. The van der Waals surface area contributed by atoms with Crippen molar-refractivity contribution >= 4 is 17.7 Å². The number of amides is 3. The molecule has 2 rings (SSSR count). The van der Waals surface area contributed by atoms with Crippen LogP contribution in [-0.4, -0.2) is 41.3 Å². The topological polar surface area (TPSA) is 75.7 Å². The van der Waals surface area contributed by atoms with Crippen molar-refractivity contribution in [2.45, 2.75) is 32.4 Å². The summed E-state index contributed by atoms with van der Waals surface area (Å²) < 4.78 is 5.56. The van der Waals surface area contributed by atoms with Gasteiger partial charge in [0.1, 0.15) is 18.3 Å². The highest BCUT2D eigenvalue weighted by Gasteiger charge is 2.37. The Labute approximate surface area is 123 Å². The number of carbonyl (C=O) groups excluding carboxylic acids is 3. The molecule has 1 heterocycles. The van der Waals surface area contributed by atoms with Gasteiger partial charge in [-0.2, -0.15) is 0 Å². The predicted octanol–water partition coefficient (Wildman–Crippen LogP) is 0.717. The van der Waals surface area contributed by atoms with Crippen LogP contribution in [0.4, 0.5) is 0 Å². The average Bonchev–Trinajstić information content (AvgIpc) is 2.46. The minimum atomic E-state index is -0.764. The Hall–Kier alpha value is -2.37. The van der Waals surface area contributed by atoms with Gasteiger partial charge in [-0.1, -0.05) is 25.1 Å². The van der Waals surface area contributed by atoms with Crippen LogP contribution in [0.1, 0.15) is 20.3 Å². The molecule has 0 spiro atoms. The summed E-state index contributed by atoms with van der Waals surface area (Å²) in [5.41, 5.74) is 0. The van der Waals surface area contributed by atoms with E-state index in [4.69, 9.17) is 4.74 Å². The Morgan fingerprint density at radius 2 is 2.05 bits per heavy atom. The largest absolute Gasteiger partial charge is 0.481 e. The van der Waals surface area contributed by atoms with E-state index in [1.807, 2.05) is 6.07 Å². The molecular weight excluding hydrogens is 272 g/mol. The molecule has 0 bridgehead atoms. The van der Waals surface area contributed by atoms with Crippen molar-refractivity contribution in [2.75, 3.05) is 6.54 Å². The minimum Gasteiger partial charge on any atom is -0.481 e. The number of benzene rings is 1. The molecule has 1 saturated heterocycles. The second-order valence-corrected chi connectivity index (χ2v) is 4.88. The lowest BCUT2D eigenvalue weighted by Crippen LogP contribution is -2.61. The van der Waals surface area contributed by atoms with Gasteiger partial charge in [-0.25, -0.2) is 0 Å². The fraction of sp³-hybridized carbons (Fsp3) is 0.400. The number of nitrogens with one attached hydrogen (secondary N) is 1. The Bertz CT molecular complexity index is 544. The second-order valence-electron chi connectivity index (χ2n) is 4.88. The Morgan fingerprint density at radius 3 is 2.67 bits per heavy atom. The highest BCUT2D eigenvalue weighted by molar-refractivity contribution is 6.04. The van der Waals surface area contributed by atoms with Gasteiger partial charge < -0.3 is 9.64 Å². The van der Waals surface area contributed by atoms with E-state index in [9.17, 15) is 14.4 Å². The smallest absolute Gasteiger partial charge is 0.264 e. The molecule has 1 fully saturated rings. The second kappa shape index (κ2) is 6.39. The molecule has 1 aromatic rings. The van der Waals surface area contributed by atoms with Crippen LogP contribution in [0.2, 0.25) is 0 Å². The number of piperazine rings is 1. The molecule has 1 N–H and O–H groups in total. The van der Waals surface area contributed by atoms with Crippen molar-refractivity contribution in [3.8, 4) is 5.75 Å². The lowest BCUT2D eigenvalue weighted by Gasteiger charge is -2.34. The molecule has 6 heteroatoms. The van der Waals surface area contributed by atoms with E-state index in [1.54, 1.807) is 38.1 Å². The third-order valence-electron chi connectivity index (χ3n) is 3.33. The Kier molecular flexibility index (Phi) is 4.57. The van der Waals surface area contributed by atoms with Gasteiger partial charge >= 0.3 is 0 Å². The van der Waals surface area contributed by atoms with Crippen molar-refractivity contribution in [3.05, 3.63) is 30.3 Å². The quantitative estimate of drug-likeness (QED) is 0.829. The third kappa shape index (κ3) is 3.39. The highest BCUT2D eigenvalue weighted by atomic mass is 16.5.